The fraction of sp³-hybridized carbons (Fsp3) is 0.286. The molecule has 7 nitrogen and oxygen atoms in total. The Balaban J connectivity index is 1.45. The standard InChI is InChI=1S/C28H26ClN5O2S/c1-16-13-22-27(26(20(16)14-25(35)36)17-3-5-18(29)6-4-17)37-28(32-22)21-7-8-24-23(31-21)15-30-34(24)19-9-11-33(2)12-10-19/h3-8,13,15,19H,9-12,14H2,1-2H3,(H,35,36). The second-order valence-corrected chi connectivity index (χ2v) is 11.2. The molecule has 0 radical (unpaired) electrons. The van der Waals surface area contributed by atoms with Crippen molar-refractivity contribution in [2.24, 2.45) is 0 Å². The predicted molar refractivity (Wildman–Crippen MR) is 148 cm³/mol. The van der Waals surface area contributed by atoms with Crippen LogP contribution in [0.5, 0.6) is 0 Å². The summed E-state index contributed by atoms with van der Waals surface area (Å²) in [6.07, 6.45) is 3.95. The number of hydrogen-bond donors (Lipinski definition) is 1. The monoisotopic (exact) mass is 531 g/mol. The van der Waals surface area contributed by atoms with Crippen molar-refractivity contribution in [1.29, 1.82) is 0 Å². The van der Waals surface area contributed by atoms with E-state index in [-0.39, 0.29) is 6.42 Å². The summed E-state index contributed by atoms with van der Waals surface area (Å²) in [5, 5.41) is 15.7. The Hall–Kier alpha value is -3.33. The molecule has 0 unspecified atom stereocenters. The Morgan fingerprint density at radius 3 is 2.59 bits per heavy atom. The summed E-state index contributed by atoms with van der Waals surface area (Å²) in [6.45, 7) is 4.09. The number of carboxylic acid groups (broad SMARTS) is 1. The zero-order chi connectivity index (χ0) is 25.7. The zero-order valence-electron chi connectivity index (χ0n) is 20.6. The molecule has 0 spiro atoms. The maximum Gasteiger partial charge on any atom is 0.307 e. The fourth-order valence-corrected chi connectivity index (χ4v) is 6.46. The molecule has 4 heterocycles. The number of aliphatic carboxylic acids is 1. The van der Waals surface area contributed by atoms with Gasteiger partial charge >= 0.3 is 5.97 Å². The van der Waals surface area contributed by atoms with E-state index in [0.717, 1.165) is 80.1 Å². The van der Waals surface area contributed by atoms with Crippen LogP contribution in [-0.4, -0.2) is 55.9 Å². The van der Waals surface area contributed by atoms with Crippen LogP contribution in [0.1, 0.15) is 30.0 Å². The highest BCUT2D eigenvalue weighted by Gasteiger charge is 2.22. The molecule has 37 heavy (non-hydrogen) atoms. The first-order chi connectivity index (χ1) is 17.9. The molecular formula is C28H26ClN5O2S. The van der Waals surface area contributed by atoms with Crippen LogP contribution >= 0.6 is 22.9 Å². The second-order valence-electron chi connectivity index (χ2n) is 9.72. The molecule has 0 amide bonds. The molecule has 2 aromatic carbocycles. The molecule has 1 aliphatic rings. The number of nitrogens with zero attached hydrogens (tertiary/aromatic N) is 5. The molecule has 3 aromatic heterocycles. The maximum absolute atomic E-state index is 11.7. The molecule has 5 aromatic rings. The number of halogens is 1. The van der Waals surface area contributed by atoms with E-state index < -0.39 is 5.97 Å². The van der Waals surface area contributed by atoms with Crippen molar-refractivity contribution in [1.82, 2.24) is 24.6 Å². The number of fused-ring (bicyclic) bond motifs is 2. The van der Waals surface area contributed by atoms with Crippen LogP contribution in [0.15, 0.2) is 48.7 Å². The molecule has 1 saturated heterocycles. The third-order valence-corrected chi connectivity index (χ3v) is 8.54. The first-order valence-corrected chi connectivity index (χ1v) is 13.5. The number of thiazole rings is 1. The van der Waals surface area contributed by atoms with Crippen molar-refractivity contribution < 1.29 is 9.90 Å². The molecule has 1 N–H and O–H groups in total. The van der Waals surface area contributed by atoms with Crippen LogP contribution in [-0.2, 0) is 11.2 Å². The highest BCUT2D eigenvalue weighted by molar-refractivity contribution is 7.22. The van der Waals surface area contributed by atoms with Gasteiger partial charge in [-0.05, 0) is 86.9 Å². The van der Waals surface area contributed by atoms with E-state index in [9.17, 15) is 9.90 Å². The van der Waals surface area contributed by atoms with Crippen molar-refractivity contribution in [2.75, 3.05) is 20.1 Å². The normalized spacial score (nSPS) is 15.1. The van der Waals surface area contributed by atoms with Crippen LogP contribution in [0.4, 0.5) is 0 Å². The average molecular weight is 532 g/mol. The summed E-state index contributed by atoms with van der Waals surface area (Å²) in [6, 6.07) is 14.0. The van der Waals surface area contributed by atoms with Gasteiger partial charge in [-0.2, -0.15) is 5.10 Å². The van der Waals surface area contributed by atoms with Gasteiger partial charge < -0.3 is 10.0 Å². The molecule has 0 atom stereocenters. The van der Waals surface area contributed by atoms with Crippen LogP contribution in [0.3, 0.4) is 0 Å². The highest BCUT2D eigenvalue weighted by Crippen LogP contribution is 2.41. The van der Waals surface area contributed by atoms with E-state index in [1.54, 1.807) is 0 Å². The number of likely N-dealkylation sites (tertiary alicyclic amines) is 1. The molecule has 0 saturated carbocycles. The number of benzene rings is 2. The summed E-state index contributed by atoms with van der Waals surface area (Å²) >= 11 is 7.68. The number of hydrogen-bond acceptors (Lipinski definition) is 6. The van der Waals surface area contributed by atoms with Gasteiger partial charge in [-0.3, -0.25) is 9.48 Å². The largest absolute Gasteiger partial charge is 0.481 e. The maximum atomic E-state index is 11.7. The number of pyridine rings is 1. The SMILES string of the molecule is Cc1cc2nc(-c3ccc4c(cnn4C4CCN(C)CC4)n3)sc2c(-c2ccc(Cl)cc2)c1CC(=O)O. The van der Waals surface area contributed by atoms with Gasteiger partial charge in [0.1, 0.15) is 10.5 Å². The first kappa shape index (κ1) is 24.0. The van der Waals surface area contributed by atoms with Crippen molar-refractivity contribution in [2.45, 2.75) is 32.2 Å². The van der Waals surface area contributed by atoms with Crippen molar-refractivity contribution in [3.63, 3.8) is 0 Å². The summed E-state index contributed by atoms with van der Waals surface area (Å²) < 4.78 is 3.07. The van der Waals surface area contributed by atoms with Gasteiger partial charge in [-0.15, -0.1) is 11.3 Å². The zero-order valence-corrected chi connectivity index (χ0v) is 22.2. The van der Waals surface area contributed by atoms with E-state index in [1.165, 1.54) is 11.3 Å². The quantitative estimate of drug-likeness (QED) is 0.289. The minimum absolute atomic E-state index is 0.0622. The van der Waals surface area contributed by atoms with E-state index >= 15 is 0 Å². The number of aryl methyl sites for hydroxylation is 1. The lowest BCUT2D eigenvalue weighted by molar-refractivity contribution is -0.136. The molecule has 6 rings (SSSR count). The number of piperidine rings is 1. The Labute approximate surface area is 223 Å². The molecule has 1 fully saturated rings. The molecule has 0 bridgehead atoms. The van der Waals surface area contributed by atoms with Crippen LogP contribution in [0, 0.1) is 6.92 Å². The van der Waals surface area contributed by atoms with E-state index in [4.69, 9.17) is 21.6 Å². The van der Waals surface area contributed by atoms with Gasteiger partial charge in [-0.1, -0.05) is 23.7 Å². The summed E-state index contributed by atoms with van der Waals surface area (Å²) in [5.74, 6) is -0.865. The van der Waals surface area contributed by atoms with Crippen LogP contribution in [0.2, 0.25) is 5.02 Å². The smallest absolute Gasteiger partial charge is 0.307 e. The van der Waals surface area contributed by atoms with Crippen molar-refractivity contribution >= 4 is 50.2 Å². The fourth-order valence-electron chi connectivity index (χ4n) is 5.23. The minimum atomic E-state index is -0.865. The Morgan fingerprint density at radius 2 is 1.86 bits per heavy atom. The second kappa shape index (κ2) is 9.52. The van der Waals surface area contributed by atoms with E-state index in [2.05, 4.69) is 27.8 Å². The van der Waals surface area contributed by atoms with Crippen molar-refractivity contribution in [3.05, 3.63) is 64.8 Å². The van der Waals surface area contributed by atoms with Crippen LogP contribution in [0.25, 0.3) is 43.1 Å². The predicted octanol–water partition coefficient (Wildman–Crippen LogP) is 6.23. The van der Waals surface area contributed by atoms with E-state index in [1.807, 2.05) is 49.5 Å². The average Bonchev–Trinajstić information content (AvgIpc) is 3.49. The number of aromatic nitrogens is 4. The molecule has 9 heteroatoms. The van der Waals surface area contributed by atoms with Gasteiger partial charge in [0.15, 0.2) is 0 Å². The number of carboxylic acids is 1. The summed E-state index contributed by atoms with van der Waals surface area (Å²) in [4.78, 5) is 23.9. The minimum Gasteiger partial charge on any atom is -0.481 e. The van der Waals surface area contributed by atoms with Gasteiger partial charge in [0.2, 0.25) is 0 Å². The van der Waals surface area contributed by atoms with Gasteiger partial charge in [-0.25, -0.2) is 9.97 Å². The molecule has 0 aliphatic carbocycles. The third kappa shape index (κ3) is 4.50. The lowest BCUT2D eigenvalue weighted by Gasteiger charge is -2.29. The van der Waals surface area contributed by atoms with Gasteiger partial charge in [0.25, 0.3) is 0 Å². The molecular weight excluding hydrogens is 506 g/mol. The number of carbonyl (C=O) groups is 1. The lowest BCUT2D eigenvalue weighted by atomic mass is 9.93. The van der Waals surface area contributed by atoms with Gasteiger partial charge in [0, 0.05) is 10.6 Å². The third-order valence-electron chi connectivity index (χ3n) is 7.18. The molecule has 1 aliphatic heterocycles. The highest BCUT2D eigenvalue weighted by atomic mass is 35.5. The van der Waals surface area contributed by atoms with E-state index in [0.29, 0.717) is 11.1 Å². The Bertz CT molecular complexity index is 1630. The lowest BCUT2D eigenvalue weighted by Crippen LogP contribution is -2.31. The van der Waals surface area contributed by atoms with Gasteiger partial charge in [0.05, 0.1) is 40.1 Å². The topological polar surface area (TPSA) is 84.1 Å². The molecule has 188 valence electrons. The Kier molecular flexibility index (Phi) is 6.18. The summed E-state index contributed by atoms with van der Waals surface area (Å²) in [5.41, 5.74) is 7.04. The number of rotatable bonds is 5. The van der Waals surface area contributed by atoms with Crippen LogP contribution < -0.4 is 0 Å². The first-order valence-electron chi connectivity index (χ1n) is 12.3. The Morgan fingerprint density at radius 1 is 1.11 bits per heavy atom. The summed E-state index contributed by atoms with van der Waals surface area (Å²) in [7, 11) is 2.16. The van der Waals surface area contributed by atoms with Crippen molar-refractivity contribution in [3.8, 4) is 21.8 Å².